The normalized spacial score (nSPS) is 22.5. The highest BCUT2D eigenvalue weighted by Crippen LogP contribution is 2.27. The summed E-state index contributed by atoms with van der Waals surface area (Å²) in [5, 5.41) is 22.3. The zero-order valence-electron chi connectivity index (χ0n) is 12.0. The molecule has 1 aliphatic carbocycles. The first-order valence-corrected chi connectivity index (χ1v) is 6.99. The van der Waals surface area contributed by atoms with Gasteiger partial charge in [-0.2, -0.15) is 0 Å². The average molecular weight is 278 g/mol. The molecule has 1 aromatic carbocycles. The molecule has 0 saturated heterocycles. The van der Waals surface area contributed by atoms with Crippen molar-refractivity contribution < 1.29 is 15.0 Å². The number of phenols is 2. The van der Waals surface area contributed by atoms with Crippen LogP contribution in [0.2, 0.25) is 0 Å². The fourth-order valence-electron chi connectivity index (χ4n) is 2.81. The largest absolute Gasteiger partial charge is 0.508 e. The van der Waals surface area contributed by atoms with E-state index in [-0.39, 0.29) is 29.0 Å². The Labute approximate surface area is 119 Å². The third kappa shape index (κ3) is 3.04. The Hall–Kier alpha value is -1.75. The minimum Gasteiger partial charge on any atom is -0.508 e. The fourth-order valence-corrected chi connectivity index (χ4v) is 2.81. The van der Waals surface area contributed by atoms with Gasteiger partial charge in [0.05, 0.1) is 5.56 Å². The highest BCUT2D eigenvalue weighted by atomic mass is 16.3. The van der Waals surface area contributed by atoms with E-state index in [0.29, 0.717) is 6.04 Å². The van der Waals surface area contributed by atoms with Gasteiger partial charge < -0.3 is 20.4 Å². The number of phenolic OH excluding ortho intramolecular Hbond substituents is 2. The van der Waals surface area contributed by atoms with Gasteiger partial charge in [0.15, 0.2) is 0 Å². The van der Waals surface area contributed by atoms with Gasteiger partial charge in [-0.15, -0.1) is 0 Å². The first-order valence-electron chi connectivity index (χ1n) is 6.99. The van der Waals surface area contributed by atoms with Crippen LogP contribution in [0.3, 0.4) is 0 Å². The van der Waals surface area contributed by atoms with Crippen LogP contribution in [0, 0.1) is 0 Å². The lowest BCUT2D eigenvalue weighted by Crippen LogP contribution is -2.42. The fraction of sp³-hybridized carbons (Fsp3) is 0.533. The third-order valence-corrected chi connectivity index (χ3v) is 4.18. The van der Waals surface area contributed by atoms with Crippen molar-refractivity contribution in [3.8, 4) is 11.5 Å². The number of hydrogen-bond acceptors (Lipinski definition) is 4. The summed E-state index contributed by atoms with van der Waals surface area (Å²) in [5.41, 5.74) is 0.237. The van der Waals surface area contributed by atoms with Crippen molar-refractivity contribution in [2.24, 2.45) is 0 Å². The molecule has 3 N–H and O–H groups in total. The molecule has 0 atom stereocenters. The second-order valence-corrected chi connectivity index (χ2v) is 5.41. The molecule has 0 aliphatic heterocycles. The molecular formula is C15H22N2O3. The number of nitrogens with one attached hydrogen (secondary N) is 1. The number of hydrogen-bond donors (Lipinski definition) is 3. The van der Waals surface area contributed by atoms with E-state index in [9.17, 15) is 15.0 Å². The van der Waals surface area contributed by atoms with Gasteiger partial charge in [0.1, 0.15) is 11.5 Å². The van der Waals surface area contributed by atoms with Crippen LogP contribution in [0.4, 0.5) is 0 Å². The van der Waals surface area contributed by atoms with E-state index < -0.39 is 0 Å². The second kappa shape index (κ2) is 6.13. The highest BCUT2D eigenvalue weighted by Gasteiger charge is 2.27. The van der Waals surface area contributed by atoms with Crippen LogP contribution in [0.25, 0.3) is 0 Å². The Morgan fingerprint density at radius 1 is 1.25 bits per heavy atom. The highest BCUT2D eigenvalue weighted by molar-refractivity contribution is 5.97. The maximum Gasteiger partial charge on any atom is 0.257 e. The Morgan fingerprint density at radius 3 is 2.45 bits per heavy atom. The topological polar surface area (TPSA) is 72.8 Å². The number of carbonyl (C=O) groups is 1. The van der Waals surface area contributed by atoms with Crippen LogP contribution in [0.1, 0.15) is 36.0 Å². The van der Waals surface area contributed by atoms with Crippen molar-refractivity contribution in [3.63, 3.8) is 0 Å². The van der Waals surface area contributed by atoms with Gasteiger partial charge in [-0.3, -0.25) is 4.79 Å². The predicted molar refractivity (Wildman–Crippen MR) is 77.0 cm³/mol. The van der Waals surface area contributed by atoms with Crippen LogP contribution in [-0.4, -0.2) is 47.2 Å². The van der Waals surface area contributed by atoms with Crippen LogP contribution < -0.4 is 5.32 Å². The lowest BCUT2D eigenvalue weighted by molar-refractivity contribution is 0.0682. The summed E-state index contributed by atoms with van der Waals surface area (Å²) in [6, 6.07) is 4.82. The van der Waals surface area contributed by atoms with Gasteiger partial charge in [0.2, 0.25) is 0 Å². The van der Waals surface area contributed by atoms with E-state index in [2.05, 4.69) is 5.32 Å². The Kier molecular flexibility index (Phi) is 4.49. The predicted octanol–water partition coefficient (Wildman–Crippen LogP) is 1.70. The van der Waals surface area contributed by atoms with Crippen molar-refractivity contribution in [1.82, 2.24) is 10.2 Å². The van der Waals surface area contributed by atoms with Crippen molar-refractivity contribution in [1.29, 1.82) is 0 Å². The van der Waals surface area contributed by atoms with Crippen molar-refractivity contribution in [2.75, 3.05) is 14.1 Å². The van der Waals surface area contributed by atoms with Gasteiger partial charge >= 0.3 is 0 Å². The summed E-state index contributed by atoms with van der Waals surface area (Å²) in [5.74, 6) is -0.419. The van der Waals surface area contributed by atoms with Crippen molar-refractivity contribution in [2.45, 2.75) is 37.8 Å². The molecule has 1 aliphatic rings. The van der Waals surface area contributed by atoms with E-state index in [1.807, 2.05) is 7.05 Å². The lowest BCUT2D eigenvalue weighted by Gasteiger charge is -2.34. The quantitative estimate of drug-likeness (QED) is 0.787. The molecule has 0 heterocycles. The van der Waals surface area contributed by atoms with Crippen LogP contribution in [0.15, 0.2) is 18.2 Å². The monoisotopic (exact) mass is 278 g/mol. The summed E-state index contributed by atoms with van der Waals surface area (Å²) < 4.78 is 0. The summed E-state index contributed by atoms with van der Waals surface area (Å²) in [7, 11) is 3.74. The van der Waals surface area contributed by atoms with Gasteiger partial charge in [0.25, 0.3) is 5.91 Å². The first kappa shape index (κ1) is 14.7. The molecule has 1 aromatic rings. The summed E-state index contributed by atoms with van der Waals surface area (Å²) in [6.07, 6.45) is 4.04. The standard InChI is InChI=1S/C15H22N2O3/c1-16-10-3-5-11(6-4-10)17(2)15(20)13-8-7-12(18)9-14(13)19/h7-11,16,18-19H,3-6H2,1-2H3. The molecule has 0 aromatic heterocycles. The van der Waals surface area contributed by atoms with E-state index in [1.165, 1.54) is 18.2 Å². The zero-order valence-corrected chi connectivity index (χ0v) is 12.0. The van der Waals surface area contributed by atoms with Gasteiger partial charge in [-0.1, -0.05) is 0 Å². The molecule has 2 rings (SSSR count). The number of rotatable bonds is 3. The van der Waals surface area contributed by atoms with E-state index >= 15 is 0 Å². The van der Waals surface area contributed by atoms with Gasteiger partial charge in [-0.05, 0) is 44.9 Å². The second-order valence-electron chi connectivity index (χ2n) is 5.41. The van der Waals surface area contributed by atoms with Gasteiger partial charge in [0, 0.05) is 25.2 Å². The van der Waals surface area contributed by atoms with E-state index in [4.69, 9.17) is 0 Å². The smallest absolute Gasteiger partial charge is 0.257 e. The van der Waals surface area contributed by atoms with Crippen LogP contribution in [-0.2, 0) is 0 Å². The maximum atomic E-state index is 12.4. The van der Waals surface area contributed by atoms with Crippen molar-refractivity contribution >= 4 is 5.91 Å². The molecule has 1 amide bonds. The van der Waals surface area contributed by atoms with Crippen LogP contribution >= 0.6 is 0 Å². The molecule has 110 valence electrons. The van der Waals surface area contributed by atoms with Gasteiger partial charge in [-0.25, -0.2) is 0 Å². The maximum absolute atomic E-state index is 12.4. The van der Waals surface area contributed by atoms with E-state index in [1.54, 1.807) is 11.9 Å². The molecular weight excluding hydrogens is 256 g/mol. The zero-order chi connectivity index (χ0) is 14.7. The third-order valence-electron chi connectivity index (χ3n) is 4.18. The molecule has 0 bridgehead atoms. The lowest BCUT2D eigenvalue weighted by atomic mass is 9.90. The molecule has 0 unspecified atom stereocenters. The minimum atomic E-state index is -0.199. The van der Waals surface area contributed by atoms with Crippen LogP contribution in [0.5, 0.6) is 11.5 Å². The molecule has 0 radical (unpaired) electrons. The minimum absolute atomic E-state index is 0.0452. The number of nitrogens with zero attached hydrogens (tertiary/aromatic N) is 1. The Morgan fingerprint density at radius 2 is 1.90 bits per heavy atom. The Bertz CT molecular complexity index is 482. The number of benzene rings is 1. The van der Waals surface area contributed by atoms with E-state index in [0.717, 1.165) is 25.7 Å². The first-order chi connectivity index (χ1) is 9.52. The molecule has 0 spiro atoms. The van der Waals surface area contributed by atoms with Crippen molar-refractivity contribution in [3.05, 3.63) is 23.8 Å². The number of carbonyl (C=O) groups excluding carboxylic acids is 1. The Balaban J connectivity index is 2.05. The molecule has 1 fully saturated rings. The molecule has 20 heavy (non-hydrogen) atoms. The average Bonchev–Trinajstić information content (AvgIpc) is 2.46. The summed E-state index contributed by atoms with van der Waals surface area (Å²) >= 11 is 0. The summed E-state index contributed by atoms with van der Waals surface area (Å²) in [4.78, 5) is 14.1. The summed E-state index contributed by atoms with van der Waals surface area (Å²) in [6.45, 7) is 0. The molecule has 5 heteroatoms. The molecule has 5 nitrogen and oxygen atoms in total. The number of aromatic hydroxyl groups is 2. The number of amides is 1. The SMILES string of the molecule is CNC1CCC(N(C)C(=O)c2ccc(O)cc2O)CC1. The molecule has 1 saturated carbocycles.